The van der Waals surface area contributed by atoms with Crippen molar-refractivity contribution in [3.05, 3.63) is 58.2 Å². The highest BCUT2D eigenvalue weighted by Crippen LogP contribution is 2.35. The minimum atomic E-state index is -0.922. The number of carboxylic acid groups (broad SMARTS) is 1. The molecule has 0 bridgehead atoms. The number of carboxylic acids is 1. The monoisotopic (exact) mass is 374 g/mol. The van der Waals surface area contributed by atoms with E-state index in [0.717, 1.165) is 11.3 Å². The average Bonchev–Trinajstić information content (AvgIpc) is 3.07. The van der Waals surface area contributed by atoms with E-state index in [1.54, 1.807) is 29.2 Å². The van der Waals surface area contributed by atoms with Gasteiger partial charge in [-0.05, 0) is 36.8 Å². The maximum atomic E-state index is 12.9. The fourth-order valence-electron chi connectivity index (χ4n) is 3.29. The molecule has 6 nitrogen and oxygen atoms in total. The number of hydrogen-bond donors (Lipinski definition) is 1. The second-order valence-electron chi connectivity index (χ2n) is 6.32. The minimum Gasteiger partial charge on any atom is -0.481 e. The lowest BCUT2D eigenvalue weighted by atomic mass is 9.89. The fraction of sp³-hybridized carbons (Fsp3) is 0.316. The molecular weight excluding hydrogens is 356 g/mol. The summed E-state index contributed by atoms with van der Waals surface area (Å²) < 4.78 is 5.22. The Morgan fingerprint density at radius 1 is 1.19 bits per heavy atom. The van der Waals surface area contributed by atoms with Crippen molar-refractivity contribution < 1.29 is 19.4 Å². The Labute approximate surface area is 156 Å². The molecule has 0 radical (unpaired) electrons. The SMILES string of the molecule is COc1nc(C)ccc1C(=O)N1C[C@@H](C(=O)O)[C@H](c2ccc(Cl)cc2)C1. The molecule has 1 fully saturated rings. The Bertz CT molecular complexity index is 838. The van der Waals surface area contributed by atoms with Gasteiger partial charge in [0.25, 0.3) is 5.91 Å². The van der Waals surface area contributed by atoms with Gasteiger partial charge in [-0.1, -0.05) is 23.7 Å². The van der Waals surface area contributed by atoms with E-state index in [0.29, 0.717) is 17.1 Å². The summed E-state index contributed by atoms with van der Waals surface area (Å²) >= 11 is 5.92. The first kappa shape index (κ1) is 18.2. The summed E-state index contributed by atoms with van der Waals surface area (Å²) in [6.45, 7) is 2.26. The first-order valence-electron chi connectivity index (χ1n) is 8.20. The molecule has 2 atom stereocenters. The topological polar surface area (TPSA) is 79.7 Å². The maximum Gasteiger partial charge on any atom is 0.308 e. The van der Waals surface area contributed by atoms with Gasteiger partial charge in [0.05, 0.1) is 13.0 Å². The first-order valence-corrected chi connectivity index (χ1v) is 8.57. The van der Waals surface area contributed by atoms with Crippen LogP contribution in [0.4, 0.5) is 0 Å². The predicted molar refractivity (Wildman–Crippen MR) is 96.7 cm³/mol. The van der Waals surface area contributed by atoms with Crippen molar-refractivity contribution in [3.63, 3.8) is 0 Å². The summed E-state index contributed by atoms with van der Waals surface area (Å²) in [5, 5.41) is 10.2. The van der Waals surface area contributed by atoms with Crippen molar-refractivity contribution in [3.8, 4) is 5.88 Å². The van der Waals surface area contributed by atoms with Crippen LogP contribution in [0.2, 0.25) is 5.02 Å². The van der Waals surface area contributed by atoms with Crippen molar-refractivity contribution in [1.82, 2.24) is 9.88 Å². The van der Waals surface area contributed by atoms with E-state index in [2.05, 4.69) is 4.98 Å². The molecule has 1 saturated heterocycles. The van der Waals surface area contributed by atoms with E-state index in [4.69, 9.17) is 16.3 Å². The smallest absolute Gasteiger partial charge is 0.308 e. The van der Waals surface area contributed by atoms with Gasteiger partial charge in [0.1, 0.15) is 5.56 Å². The van der Waals surface area contributed by atoms with Crippen LogP contribution in [0.3, 0.4) is 0 Å². The van der Waals surface area contributed by atoms with Crippen LogP contribution >= 0.6 is 11.6 Å². The molecule has 0 saturated carbocycles. The Morgan fingerprint density at radius 2 is 1.88 bits per heavy atom. The number of methoxy groups -OCH3 is 1. The molecule has 1 N–H and O–H groups in total. The van der Waals surface area contributed by atoms with Gasteiger partial charge in [-0.3, -0.25) is 9.59 Å². The van der Waals surface area contributed by atoms with Gasteiger partial charge < -0.3 is 14.7 Å². The molecular formula is C19H19ClN2O4. The number of nitrogens with zero attached hydrogens (tertiary/aromatic N) is 2. The van der Waals surface area contributed by atoms with E-state index in [1.807, 2.05) is 19.1 Å². The van der Waals surface area contributed by atoms with Gasteiger partial charge in [-0.25, -0.2) is 4.98 Å². The highest BCUT2D eigenvalue weighted by atomic mass is 35.5. The largest absolute Gasteiger partial charge is 0.481 e. The molecule has 3 rings (SSSR count). The van der Waals surface area contributed by atoms with Gasteiger partial charge in [0, 0.05) is 29.7 Å². The van der Waals surface area contributed by atoms with E-state index in [9.17, 15) is 14.7 Å². The molecule has 1 aliphatic rings. The maximum absolute atomic E-state index is 12.9. The van der Waals surface area contributed by atoms with Crippen LogP contribution in [0.25, 0.3) is 0 Å². The molecule has 1 aromatic heterocycles. The van der Waals surface area contributed by atoms with E-state index < -0.39 is 11.9 Å². The molecule has 7 heteroatoms. The van der Waals surface area contributed by atoms with Gasteiger partial charge in [-0.15, -0.1) is 0 Å². The van der Waals surface area contributed by atoms with E-state index in [-0.39, 0.29) is 24.2 Å². The molecule has 1 amide bonds. The Kier molecular flexibility index (Phi) is 5.13. The van der Waals surface area contributed by atoms with Gasteiger partial charge in [0.2, 0.25) is 5.88 Å². The van der Waals surface area contributed by atoms with Crippen LogP contribution in [-0.4, -0.2) is 47.1 Å². The van der Waals surface area contributed by atoms with Crippen LogP contribution in [0.15, 0.2) is 36.4 Å². The number of aliphatic carboxylic acids is 1. The lowest BCUT2D eigenvalue weighted by Gasteiger charge is -2.18. The van der Waals surface area contributed by atoms with Crippen LogP contribution < -0.4 is 4.74 Å². The van der Waals surface area contributed by atoms with Crippen LogP contribution in [0.1, 0.15) is 27.5 Å². The summed E-state index contributed by atoms with van der Waals surface area (Å²) in [5.74, 6) is -1.93. The highest BCUT2D eigenvalue weighted by molar-refractivity contribution is 6.30. The number of pyridine rings is 1. The number of carbonyl (C=O) groups excluding carboxylic acids is 1. The summed E-state index contributed by atoms with van der Waals surface area (Å²) in [6.07, 6.45) is 0. The molecule has 1 aromatic carbocycles. The van der Waals surface area contributed by atoms with Crippen molar-refractivity contribution >= 4 is 23.5 Å². The van der Waals surface area contributed by atoms with Crippen LogP contribution in [0.5, 0.6) is 5.88 Å². The lowest BCUT2D eigenvalue weighted by molar-refractivity contribution is -0.141. The number of aromatic nitrogens is 1. The van der Waals surface area contributed by atoms with Gasteiger partial charge >= 0.3 is 5.97 Å². The quantitative estimate of drug-likeness (QED) is 0.889. The number of rotatable bonds is 4. The molecule has 1 aliphatic heterocycles. The zero-order valence-electron chi connectivity index (χ0n) is 14.5. The molecule has 0 unspecified atom stereocenters. The second kappa shape index (κ2) is 7.33. The molecule has 0 aliphatic carbocycles. The number of aryl methyl sites for hydroxylation is 1. The molecule has 136 valence electrons. The Hall–Kier alpha value is -2.60. The first-order chi connectivity index (χ1) is 12.4. The van der Waals surface area contributed by atoms with Crippen molar-refractivity contribution in [2.45, 2.75) is 12.8 Å². The van der Waals surface area contributed by atoms with E-state index >= 15 is 0 Å². The molecule has 2 aromatic rings. The third-order valence-electron chi connectivity index (χ3n) is 4.65. The fourth-order valence-corrected chi connectivity index (χ4v) is 3.42. The Morgan fingerprint density at radius 3 is 2.50 bits per heavy atom. The summed E-state index contributed by atoms with van der Waals surface area (Å²) in [5.41, 5.74) is 1.92. The normalized spacial score (nSPS) is 19.4. The molecule has 26 heavy (non-hydrogen) atoms. The standard InChI is InChI=1S/C19H19ClN2O4/c1-11-3-8-14(17(21-11)26-2)18(23)22-9-15(16(10-22)19(24)25)12-4-6-13(20)7-5-12/h3-8,15-16H,9-10H2,1-2H3,(H,24,25)/t15-,16+/m0/s1. The number of benzene rings is 1. The van der Waals surface area contributed by atoms with Crippen molar-refractivity contribution in [1.29, 1.82) is 0 Å². The molecule has 2 heterocycles. The molecule has 0 spiro atoms. The van der Waals surface area contributed by atoms with Crippen molar-refractivity contribution in [2.24, 2.45) is 5.92 Å². The number of halogens is 1. The lowest BCUT2D eigenvalue weighted by Crippen LogP contribution is -2.30. The minimum absolute atomic E-state index is 0.137. The second-order valence-corrected chi connectivity index (χ2v) is 6.76. The van der Waals surface area contributed by atoms with Crippen LogP contribution in [0, 0.1) is 12.8 Å². The highest BCUT2D eigenvalue weighted by Gasteiger charge is 2.41. The zero-order chi connectivity index (χ0) is 18.8. The average molecular weight is 375 g/mol. The number of ether oxygens (including phenoxy) is 1. The number of likely N-dealkylation sites (tertiary alicyclic amines) is 1. The zero-order valence-corrected chi connectivity index (χ0v) is 15.2. The van der Waals surface area contributed by atoms with E-state index in [1.165, 1.54) is 7.11 Å². The van der Waals surface area contributed by atoms with Crippen LogP contribution in [-0.2, 0) is 4.79 Å². The summed E-state index contributed by atoms with van der Waals surface area (Å²) in [6, 6.07) is 10.5. The number of carbonyl (C=O) groups is 2. The van der Waals surface area contributed by atoms with Gasteiger partial charge in [0.15, 0.2) is 0 Å². The summed E-state index contributed by atoms with van der Waals surface area (Å²) in [7, 11) is 1.46. The predicted octanol–water partition coefficient (Wildman–Crippen LogP) is 2.99. The Balaban J connectivity index is 1.89. The number of hydrogen-bond acceptors (Lipinski definition) is 4. The number of amides is 1. The third kappa shape index (κ3) is 3.51. The third-order valence-corrected chi connectivity index (χ3v) is 4.90. The van der Waals surface area contributed by atoms with Crippen molar-refractivity contribution in [2.75, 3.05) is 20.2 Å². The summed E-state index contributed by atoms with van der Waals surface area (Å²) in [4.78, 5) is 30.4. The van der Waals surface area contributed by atoms with Gasteiger partial charge in [-0.2, -0.15) is 0 Å².